The van der Waals surface area contributed by atoms with Gasteiger partial charge < -0.3 is 13.7 Å². The van der Waals surface area contributed by atoms with Gasteiger partial charge in [-0.3, -0.25) is 0 Å². The van der Waals surface area contributed by atoms with Crippen LogP contribution in [0.25, 0.3) is 23.0 Å². The number of hydrogen-bond acceptors (Lipinski definition) is 7. The summed E-state index contributed by atoms with van der Waals surface area (Å²) in [5, 5.41) is 3.90. The average molecular weight is 349 g/mol. The number of aromatic nitrogens is 2. The van der Waals surface area contributed by atoms with E-state index in [2.05, 4.69) is 14.9 Å². The molecule has 2 heterocycles. The van der Waals surface area contributed by atoms with E-state index in [9.17, 15) is 8.42 Å². The van der Waals surface area contributed by atoms with Crippen molar-refractivity contribution in [1.82, 2.24) is 14.9 Å². The molecule has 0 saturated heterocycles. The number of nitrogens with zero attached hydrogens (tertiary/aromatic N) is 2. The number of benzene rings is 1. The van der Waals surface area contributed by atoms with Crippen LogP contribution in [0.5, 0.6) is 5.75 Å². The molecule has 0 saturated carbocycles. The number of methoxy groups -OCH3 is 1. The van der Waals surface area contributed by atoms with E-state index in [-0.39, 0.29) is 22.3 Å². The highest BCUT2D eigenvalue weighted by Gasteiger charge is 2.23. The smallest absolute Gasteiger partial charge is 0.293 e. The van der Waals surface area contributed by atoms with E-state index in [1.807, 2.05) is 12.1 Å². The van der Waals surface area contributed by atoms with Crippen LogP contribution in [0.2, 0.25) is 0 Å². The number of nitrogens with one attached hydrogen (secondary N) is 1. The van der Waals surface area contributed by atoms with Crippen LogP contribution in [0, 0.1) is 6.92 Å². The molecule has 0 aliphatic carbocycles. The van der Waals surface area contributed by atoms with Crippen LogP contribution in [0.3, 0.4) is 0 Å². The van der Waals surface area contributed by atoms with E-state index in [1.54, 1.807) is 26.2 Å². The Kier molecular flexibility index (Phi) is 4.12. The summed E-state index contributed by atoms with van der Waals surface area (Å²) in [5.41, 5.74) is 0.654. The molecular formula is C15H15N3O5S. The molecule has 0 unspecified atom stereocenters. The van der Waals surface area contributed by atoms with Gasteiger partial charge in [-0.1, -0.05) is 17.3 Å². The normalized spacial score (nSPS) is 11.6. The second-order valence-corrected chi connectivity index (χ2v) is 6.72. The predicted molar refractivity (Wildman–Crippen MR) is 85.0 cm³/mol. The SMILES string of the molecule is CNS(=O)(=O)c1cc(-c2nc(-c3ccccc3OC)no2)oc1C. The van der Waals surface area contributed by atoms with Crippen LogP contribution in [-0.4, -0.2) is 32.7 Å². The van der Waals surface area contributed by atoms with E-state index >= 15 is 0 Å². The van der Waals surface area contributed by atoms with Crippen LogP contribution in [0.1, 0.15) is 5.76 Å². The van der Waals surface area contributed by atoms with Crippen LogP contribution >= 0.6 is 0 Å². The number of rotatable bonds is 5. The third-order valence-electron chi connectivity index (χ3n) is 3.42. The molecule has 0 amide bonds. The lowest BCUT2D eigenvalue weighted by Gasteiger charge is -2.02. The number of para-hydroxylation sites is 1. The van der Waals surface area contributed by atoms with Gasteiger partial charge in [0.15, 0.2) is 5.76 Å². The molecule has 0 aliphatic rings. The molecule has 8 nitrogen and oxygen atoms in total. The van der Waals surface area contributed by atoms with Crippen molar-refractivity contribution in [3.63, 3.8) is 0 Å². The fourth-order valence-corrected chi connectivity index (χ4v) is 3.11. The molecule has 0 fully saturated rings. The Balaban J connectivity index is 2.02. The van der Waals surface area contributed by atoms with Gasteiger partial charge >= 0.3 is 0 Å². The lowest BCUT2D eigenvalue weighted by atomic mass is 10.2. The van der Waals surface area contributed by atoms with Crippen LogP contribution in [0.15, 0.2) is 44.2 Å². The lowest BCUT2D eigenvalue weighted by molar-refractivity contribution is 0.408. The first-order valence-electron chi connectivity index (χ1n) is 6.97. The zero-order valence-electron chi connectivity index (χ0n) is 13.2. The van der Waals surface area contributed by atoms with E-state index in [0.29, 0.717) is 17.1 Å². The zero-order chi connectivity index (χ0) is 17.3. The first-order valence-corrected chi connectivity index (χ1v) is 8.46. The molecule has 1 N–H and O–H groups in total. The highest BCUT2D eigenvalue weighted by molar-refractivity contribution is 7.89. The molecule has 126 valence electrons. The maximum Gasteiger partial charge on any atom is 0.293 e. The number of aryl methyl sites for hydroxylation is 1. The Morgan fingerprint density at radius 1 is 1.25 bits per heavy atom. The predicted octanol–water partition coefficient (Wildman–Crippen LogP) is 2.22. The molecule has 2 aromatic heterocycles. The monoisotopic (exact) mass is 349 g/mol. The van der Waals surface area contributed by atoms with Gasteiger partial charge in [-0.05, 0) is 26.1 Å². The molecule has 0 bridgehead atoms. The molecule has 0 atom stereocenters. The second-order valence-electron chi connectivity index (χ2n) is 4.86. The molecule has 0 spiro atoms. The highest BCUT2D eigenvalue weighted by atomic mass is 32.2. The molecular weight excluding hydrogens is 334 g/mol. The Bertz CT molecular complexity index is 975. The van der Waals surface area contributed by atoms with Gasteiger partial charge in [0.1, 0.15) is 16.4 Å². The van der Waals surface area contributed by atoms with Gasteiger partial charge in [-0.25, -0.2) is 13.1 Å². The number of ether oxygens (including phenoxy) is 1. The molecule has 0 aliphatic heterocycles. The molecule has 1 aromatic carbocycles. The van der Waals surface area contributed by atoms with Crippen molar-refractivity contribution < 1.29 is 22.1 Å². The van der Waals surface area contributed by atoms with Gasteiger partial charge in [0.2, 0.25) is 15.8 Å². The van der Waals surface area contributed by atoms with E-state index < -0.39 is 10.0 Å². The highest BCUT2D eigenvalue weighted by Crippen LogP contribution is 2.31. The van der Waals surface area contributed by atoms with E-state index in [4.69, 9.17) is 13.7 Å². The summed E-state index contributed by atoms with van der Waals surface area (Å²) in [4.78, 5) is 4.28. The van der Waals surface area contributed by atoms with Gasteiger partial charge in [-0.2, -0.15) is 4.98 Å². The average Bonchev–Trinajstić information content (AvgIpc) is 3.21. The number of furan rings is 1. The largest absolute Gasteiger partial charge is 0.496 e. The third kappa shape index (κ3) is 2.79. The summed E-state index contributed by atoms with van der Waals surface area (Å²) < 4.78 is 42.0. The maximum atomic E-state index is 11.9. The van der Waals surface area contributed by atoms with Crippen molar-refractivity contribution in [2.24, 2.45) is 0 Å². The van der Waals surface area contributed by atoms with Crippen molar-refractivity contribution >= 4 is 10.0 Å². The van der Waals surface area contributed by atoms with Gasteiger partial charge in [0.25, 0.3) is 5.89 Å². The minimum atomic E-state index is -3.63. The summed E-state index contributed by atoms with van der Waals surface area (Å²) in [7, 11) is -0.752. The van der Waals surface area contributed by atoms with E-state index in [1.165, 1.54) is 13.1 Å². The quantitative estimate of drug-likeness (QED) is 0.752. The topological polar surface area (TPSA) is 107 Å². The van der Waals surface area contributed by atoms with Crippen molar-refractivity contribution in [1.29, 1.82) is 0 Å². The Labute approximate surface area is 138 Å². The Morgan fingerprint density at radius 3 is 2.71 bits per heavy atom. The van der Waals surface area contributed by atoms with Gasteiger partial charge in [-0.15, -0.1) is 0 Å². The molecule has 24 heavy (non-hydrogen) atoms. The molecule has 3 rings (SSSR count). The van der Waals surface area contributed by atoms with Crippen molar-refractivity contribution in [3.8, 4) is 28.8 Å². The first-order chi connectivity index (χ1) is 11.5. The second kappa shape index (κ2) is 6.10. The number of sulfonamides is 1. The minimum absolute atomic E-state index is 0.0250. The molecule has 3 aromatic rings. The summed E-state index contributed by atoms with van der Waals surface area (Å²) in [6.07, 6.45) is 0. The molecule has 0 radical (unpaired) electrons. The Morgan fingerprint density at radius 2 is 2.00 bits per heavy atom. The first kappa shape index (κ1) is 16.2. The standard InChI is InChI=1S/C15H15N3O5S/c1-9-13(24(19,20)16-2)8-12(22-9)15-17-14(18-23-15)10-6-4-5-7-11(10)21-3/h4-8,16H,1-3H3. The fraction of sp³-hybridized carbons (Fsp3) is 0.200. The summed E-state index contributed by atoms with van der Waals surface area (Å²) in [6, 6.07) is 8.56. The Hall–Kier alpha value is -2.65. The van der Waals surface area contributed by atoms with Crippen LogP contribution in [-0.2, 0) is 10.0 Å². The number of hydrogen-bond donors (Lipinski definition) is 1. The van der Waals surface area contributed by atoms with Crippen LogP contribution < -0.4 is 9.46 Å². The maximum absolute atomic E-state index is 11.9. The minimum Gasteiger partial charge on any atom is -0.496 e. The van der Waals surface area contributed by atoms with Crippen molar-refractivity contribution in [2.75, 3.05) is 14.2 Å². The van der Waals surface area contributed by atoms with Crippen LogP contribution in [0.4, 0.5) is 0 Å². The van der Waals surface area contributed by atoms with Crippen molar-refractivity contribution in [2.45, 2.75) is 11.8 Å². The third-order valence-corrected chi connectivity index (χ3v) is 4.94. The van der Waals surface area contributed by atoms with Gasteiger partial charge in [0, 0.05) is 6.07 Å². The van der Waals surface area contributed by atoms with Gasteiger partial charge in [0.05, 0.1) is 12.7 Å². The van der Waals surface area contributed by atoms with E-state index in [0.717, 1.165) is 0 Å². The van der Waals surface area contributed by atoms with Crippen molar-refractivity contribution in [3.05, 3.63) is 36.1 Å². The fourth-order valence-electron chi connectivity index (χ4n) is 2.21. The lowest BCUT2D eigenvalue weighted by Crippen LogP contribution is -2.18. The summed E-state index contributed by atoms with van der Waals surface area (Å²) in [6.45, 7) is 1.55. The summed E-state index contributed by atoms with van der Waals surface area (Å²) >= 11 is 0. The molecule has 9 heteroatoms. The zero-order valence-corrected chi connectivity index (χ0v) is 14.0. The summed E-state index contributed by atoms with van der Waals surface area (Å²) in [5.74, 6) is 1.40.